The molecule has 0 aliphatic carbocycles. The van der Waals surface area contributed by atoms with Crippen LogP contribution >= 0.6 is 35.7 Å². The summed E-state index contributed by atoms with van der Waals surface area (Å²) in [6.07, 6.45) is 5.38. The van der Waals surface area contributed by atoms with E-state index in [1.54, 1.807) is 0 Å². The first-order valence-electron chi connectivity index (χ1n) is 9.55. The molecular formula is C21H36IN3OS. The lowest BCUT2D eigenvalue weighted by molar-refractivity contribution is 0.0783. The van der Waals surface area contributed by atoms with Crippen LogP contribution in [-0.4, -0.2) is 50.3 Å². The van der Waals surface area contributed by atoms with Gasteiger partial charge in [0, 0.05) is 38.1 Å². The van der Waals surface area contributed by atoms with Crippen molar-refractivity contribution in [2.45, 2.75) is 50.2 Å². The maximum Gasteiger partial charge on any atom is 0.191 e. The molecule has 0 radical (unpaired) electrons. The third-order valence-corrected chi connectivity index (χ3v) is 6.58. The third kappa shape index (κ3) is 7.81. The van der Waals surface area contributed by atoms with Gasteiger partial charge in [-0.3, -0.25) is 4.99 Å². The number of hydrogen-bond acceptors (Lipinski definition) is 3. The zero-order valence-corrected chi connectivity index (χ0v) is 20.6. The van der Waals surface area contributed by atoms with Crippen LogP contribution < -0.4 is 10.6 Å². The van der Waals surface area contributed by atoms with E-state index in [9.17, 15) is 0 Å². The molecule has 0 amide bonds. The number of guanidine groups is 1. The molecule has 27 heavy (non-hydrogen) atoms. The Morgan fingerprint density at radius 2 is 1.78 bits per heavy atom. The molecule has 1 saturated heterocycles. The van der Waals surface area contributed by atoms with Gasteiger partial charge in [-0.15, -0.1) is 24.0 Å². The summed E-state index contributed by atoms with van der Waals surface area (Å²) in [5.41, 5.74) is 2.94. The highest BCUT2D eigenvalue weighted by Crippen LogP contribution is 2.32. The molecule has 0 atom stereocenters. The van der Waals surface area contributed by atoms with Crippen molar-refractivity contribution in [1.29, 1.82) is 0 Å². The molecule has 0 spiro atoms. The quantitative estimate of drug-likeness (QED) is 0.345. The molecule has 1 aromatic rings. The van der Waals surface area contributed by atoms with Crippen LogP contribution in [0.1, 0.15) is 44.7 Å². The maximum absolute atomic E-state index is 5.52. The van der Waals surface area contributed by atoms with Crippen molar-refractivity contribution in [2.24, 2.45) is 4.99 Å². The molecule has 0 aromatic heterocycles. The Labute approximate surface area is 186 Å². The highest BCUT2D eigenvalue weighted by atomic mass is 127. The highest BCUT2D eigenvalue weighted by molar-refractivity contribution is 14.0. The number of thioether (sulfide) groups is 1. The first kappa shape index (κ1) is 24.6. The molecule has 154 valence electrons. The van der Waals surface area contributed by atoms with E-state index in [0.29, 0.717) is 0 Å². The average molecular weight is 506 g/mol. The Morgan fingerprint density at radius 1 is 1.15 bits per heavy atom. The van der Waals surface area contributed by atoms with Gasteiger partial charge in [0.15, 0.2) is 5.96 Å². The van der Waals surface area contributed by atoms with Gasteiger partial charge in [-0.1, -0.05) is 45.0 Å². The van der Waals surface area contributed by atoms with Crippen molar-refractivity contribution < 1.29 is 4.74 Å². The van der Waals surface area contributed by atoms with Gasteiger partial charge in [0.2, 0.25) is 0 Å². The molecule has 0 saturated carbocycles. The van der Waals surface area contributed by atoms with Crippen molar-refractivity contribution in [3.05, 3.63) is 35.4 Å². The second-order valence-corrected chi connectivity index (χ2v) is 9.32. The van der Waals surface area contributed by atoms with Gasteiger partial charge in [0.25, 0.3) is 0 Å². The van der Waals surface area contributed by atoms with E-state index in [1.807, 2.05) is 18.8 Å². The number of halogens is 1. The van der Waals surface area contributed by atoms with Gasteiger partial charge in [-0.05, 0) is 42.1 Å². The lowest BCUT2D eigenvalue weighted by atomic mass is 9.86. The van der Waals surface area contributed by atoms with Gasteiger partial charge in [-0.25, -0.2) is 0 Å². The number of nitrogens with zero attached hydrogens (tertiary/aromatic N) is 1. The van der Waals surface area contributed by atoms with Gasteiger partial charge in [0.05, 0.1) is 0 Å². The van der Waals surface area contributed by atoms with Crippen molar-refractivity contribution in [1.82, 2.24) is 10.6 Å². The highest BCUT2D eigenvalue weighted by Gasteiger charge is 2.31. The Kier molecular flexibility index (Phi) is 10.5. The number of hydrogen-bond donors (Lipinski definition) is 2. The zero-order chi connectivity index (χ0) is 19.0. The Balaban J connectivity index is 0.00000364. The summed E-state index contributed by atoms with van der Waals surface area (Å²) in [5, 5.41) is 6.95. The largest absolute Gasteiger partial charge is 0.381 e. The SMILES string of the molecule is CN=C(NCCc1ccc(C(C)(C)C)cc1)NCC1(SC)CCOCC1.I. The summed E-state index contributed by atoms with van der Waals surface area (Å²) in [6, 6.07) is 8.97. The molecule has 2 rings (SSSR count). The van der Waals surface area contributed by atoms with E-state index in [4.69, 9.17) is 4.74 Å². The topological polar surface area (TPSA) is 45.7 Å². The van der Waals surface area contributed by atoms with Crippen molar-refractivity contribution in [3.8, 4) is 0 Å². The maximum atomic E-state index is 5.52. The van der Waals surface area contributed by atoms with Crippen LogP contribution in [0, 0.1) is 0 Å². The molecule has 6 heteroatoms. The molecule has 2 N–H and O–H groups in total. The first-order valence-corrected chi connectivity index (χ1v) is 10.8. The van der Waals surface area contributed by atoms with Crippen LogP contribution in [0.25, 0.3) is 0 Å². The van der Waals surface area contributed by atoms with Crippen LogP contribution in [0.3, 0.4) is 0 Å². The molecule has 1 fully saturated rings. The first-order chi connectivity index (χ1) is 12.4. The van der Waals surface area contributed by atoms with Gasteiger partial charge in [0.1, 0.15) is 0 Å². The summed E-state index contributed by atoms with van der Waals surface area (Å²) in [7, 11) is 1.84. The fourth-order valence-electron chi connectivity index (χ4n) is 3.16. The smallest absolute Gasteiger partial charge is 0.191 e. The summed E-state index contributed by atoms with van der Waals surface area (Å²) >= 11 is 1.94. The Morgan fingerprint density at radius 3 is 2.30 bits per heavy atom. The summed E-state index contributed by atoms with van der Waals surface area (Å²) in [5.74, 6) is 0.885. The molecular weight excluding hydrogens is 469 g/mol. The van der Waals surface area contributed by atoms with Gasteiger partial charge < -0.3 is 15.4 Å². The van der Waals surface area contributed by atoms with Crippen molar-refractivity contribution in [3.63, 3.8) is 0 Å². The minimum absolute atomic E-state index is 0. The summed E-state index contributed by atoms with van der Waals surface area (Å²) < 4.78 is 5.78. The fraction of sp³-hybridized carbons (Fsp3) is 0.667. The summed E-state index contributed by atoms with van der Waals surface area (Å²) in [4.78, 5) is 4.37. The van der Waals surface area contributed by atoms with Gasteiger partial charge in [-0.2, -0.15) is 11.8 Å². The molecule has 1 aromatic carbocycles. The molecule has 1 aliphatic rings. The second-order valence-electron chi connectivity index (χ2n) is 8.05. The van der Waals surface area contributed by atoms with E-state index in [1.165, 1.54) is 11.1 Å². The van der Waals surface area contributed by atoms with Crippen molar-refractivity contribution >= 4 is 41.7 Å². The van der Waals surface area contributed by atoms with Crippen LogP contribution in [-0.2, 0) is 16.6 Å². The second kappa shape index (κ2) is 11.5. The van der Waals surface area contributed by atoms with Crippen LogP contribution in [0.4, 0.5) is 0 Å². The van der Waals surface area contributed by atoms with E-state index < -0.39 is 0 Å². The number of rotatable bonds is 6. The molecule has 0 unspecified atom stereocenters. The summed E-state index contributed by atoms with van der Waals surface area (Å²) in [6.45, 7) is 10.3. The molecule has 0 bridgehead atoms. The molecule has 1 aliphatic heterocycles. The number of benzene rings is 1. The van der Waals surface area contributed by atoms with Crippen LogP contribution in [0.2, 0.25) is 0 Å². The van der Waals surface area contributed by atoms with Crippen molar-refractivity contribution in [2.75, 3.05) is 39.6 Å². The third-order valence-electron chi connectivity index (χ3n) is 5.16. The zero-order valence-electron chi connectivity index (χ0n) is 17.4. The predicted molar refractivity (Wildman–Crippen MR) is 130 cm³/mol. The molecule has 4 nitrogen and oxygen atoms in total. The monoisotopic (exact) mass is 505 g/mol. The van der Waals surface area contributed by atoms with Crippen LogP contribution in [0.5, 0.6) is 0 Å². The van der Waals surface area contributed by atoms with E-state index in [0.717, 1.165) is 51.5 Å². The minimum Gasteiger partial charge on any atom is -0.381 e. The van der Waals surface area contributed by atoms with Crippen LogP contribution in [0.15, 0.2) is 29.3 Å². The van der Waals surface area contributed by atoms with E-state index in [-0.39, 0.29) is 34.1 Å². The number of aliphatic imine (C=N–C) groups is 1. The average Bonchev–Trinajstić information content (AvgIpc) is 2.65. The Bertz CT molecular complexity index is 578. The normalized spacial score (nSPS) is 17.1. The fourth-order valence-corrected chi connectivity index (χ4v) is 3.95. The minimum atomic E-state index is 0. The van der Waals surface area contributed by atoms with E-state index in [2.05, 4.69) is 66.9 Å². The number of nitrogens with one attached hydrogen (secondary N) is 2. The van der Waals surface area contributed by atoms with E-state index >= 15 is 0 Å². The number of ether oxygens (including phenoxy) is 1. The predicted octanol–water partition coefficient (Wildman–Crippen LogP) is 4.22. The standard InChI is InChI=1S/C21H35N3OS.HI/c1-20(2,3)18-8-6-17(7-9-18)10-13-23-19(22-4)24-16-21(26-5)11-14-25-15-12-21;/h6-9H,10-16H2,1-5H3,(H2,22,23,24);1H. The van der Waals surface area contributed by atoms with Gasteiger partial charge >= 0.3 is 0 Å². The lowest BCUT2D eigenvalue weighted by Gasteiger charge is -2.36. The lowest BCUT2D eigenvalue weighted by Crippen LogP contribution is -2.48. The molecule has 1 heterocycles. The Hall–Kier alpha value is -0.470.